The lowest BCUT2D eigenvalue weighted by Crippen LogP contribution is -2.38. The lowest BCUT2D eigenvalue weighted by atomic mass is 10.0. The molecule has 0 aliphatic carbocycles. The first-order chi connectivity index (χ1) is 13.2. The van der Waals surface area contributed by atoms with Crippen LogP contribution in [0.15, 0.2) is 53.1 Å². The molecule has 3 aromatic rings. The van der Waals surface area contributed by atoms with Crippen molar-refractivity contribution in [3.05, 3.63) is 71.3 Å². The summed E-state index contributed by atoms with van der Waals surface area (Å²) in [6.45, 7) is 6.10. The minimum Gasteiger partial charge on any atom is -0.467 e. The number of benzene rings is 1. The lowest BCUT2D eigenvalue weighted by Gasteiger charge is -2.30. The van der Waals surface area contributed by atoms with E-state index in [4.69, 9.17) is 9.15 Å². The Hall–Kier alpha value is -2.57. The molecule has 1 aliphatic heterocycles. The maximum atomic E-state index is 5.71. The van der Waals surface area contributed by atoms with Gasteiger partial charge in [0.15, 0.2) is 0 Å². The molecule has 0 spiro atoms. The summed E-state index contributed by atoms with van der Waals surface area (Å²) in [5.74, 6) is 2.09. The van der Waals surface area contributed by atoms with Gasteiger partial charge in [-0.2, -0.15) is 5.10 Å². The first-order valence-corrected chi connectivity index (χ1v) is 9.41. The second kappa shape index (κ2) is 7.98. The van der Waals surface area contributed by atoms with Gasteiger partial charge in [0.1, 0.15) is 11.6 Å². The van der Waals surface area contributed by atoms with Crippen LogP contribution in [0.2, 0.25) is 0 Å². The molecule has 0 saturated carbocycles. The largest absolute Gasteiger partial charge is 0.467 e. The third-order valence-corrected chi connectivity index (χ3v) is 5.07. The van der Waals surface area contributed by atoms with E-state index in [-0.39, 0.29) is 6.04 Å². The maximum Gasteiger partial charge on any atom is 0.131 e. The van der Waals surface area contributed by atoms with Crippen LogP contribution in [0, 0.1) is 6.92 Å². The van der Waals surface area contributed by atoms with Gasteiger partial charge in [-0.15, -0.1) is 0 Å². The van der Waals surface area contributed by atoms with Crippen LogP contribution >= 0.6 is 0 Å². The summed E-state index contributed by atoms with van der Waals surface area (Å²) >= 11 is 0. The van der Waals surface area contributed by atoms with Crippen LogP contribution < -0.4 is 10.2 Å². The van der Waals surface area contributed by atoms with Crippen LogP contribution in [0.3, 0.4) is 0 Å². The van der Waals surface area contributed by atoms with Gasteiger partial charge >= 0.3 is 0 Å². The van der Waals surface area contributed by atoms with Crippen molar-refractivity contribution in [2.45, 2.75) is 19.5 Å². The fourth-order valence-corrected chi connectivity index (χ4v) is 3.76. The molecule has 6 heteroatoms. The van der Waals surface area contributed by atoms with E-state index >= 15 is 0 Å². The second-order valence-corrected chi connectivity index (χ2v) is 6.85. The fourth-order valence-electron chi connectivity index (χ4n) is 3.76. The van der Waals surface area contributed by atoms with Crippen molar-refractivity contribution < 1.29 is 9.15 Å². The van der Waals surface area contributed by atoms with Crippen molar-refractivity contribution in [1.82, 2.24) is 15.1 Å². The highest BCUT2D eigenvalue weighted by Crippen LogP contribution is 2.27. The smallest absolute Gasteiger partial charge is 0.131 e. The third kappa shape index (κ3) is 3.77. The molecule has 0 radical (unpaired) electrons. The van der Waals surface area contributed by atoms with Gasteiger partial charge in [-0.25, -0.2) is 0 Å². The highest BCUT2D eigenvalue weighted by atomic mass is 16.5. The monoisotopic (exact) mass is 366 g/mol. The number of anilines is 1. The van der Waals surface area contributed by atoms with Crippen molar-refractivity contribution in [3.63, 3.8) is 0 Å². The Kier molecular flexibility index (Phi) is 5.27. The second-order valence-electron chi connectivity index (χ2n) is 6.85. The molecule has 27 heavy (non-hydrogen) atoms. The molecule has 0 amide bonds. The molecule has 1 N–H and O–H groups in total. The number of rotatable bonds is 6. The van der Waals surface area contributed by atoms with Gasteiger partial charge in [-0.05, 0) is 24.6 Å². The van der Waals surface area contributed by atoms with Gasteiger partial charge < -0.3 is 14.1 Å². The van der Waals surface area contributed by atoms with Crippen LogP contribution in [-0.4, -0.2) is 36.1 Å². The fraction of sp³-hybridized carbons (Fsp3) is 0.381. The van der Waals surface area contributed by atoms with Crippen molar-refractivity contribution in [3.8, 4) is 0 Å². The number of furan rings is 1. The third-order valence-electron chi connectivity index (χ3n) is 5.07. The highest BCUT2D eigenvalue weighted by molar-refractivity contribution is 5.50. The summed E-state index contributed by atoms with van der Waals surface area (Å²) in [6, 6.07) is 14.3. The van der Waals surface area contributed by atoms with E-state index in [1.165, 1.54) is 16.9 Å². The molecule has 142 valence electrons. The topological polar surface area (TPSA) is 55.5 Å². The zero-order valence-corrected chi connectivity index (χ0v) is 15.9. The molecule has 1 aromatic carbocycles. The average molecular weight is 366 g/mol. The molecular weight excluding hydrogens is 340 g/mol. The van der Waals surface area contributed by atoms with Gasteiger partial charge in [-0.1, -0.05) is 30.3 Å². The minimum atomic E-state index is -0.00153. The Morgan fingerprint density at radius 1 is 1.11 bits per heavy atom. The summed E-state index contributed by atoms with van der Waals surface area (Å²) in [4.78, 5) is 2.37. The number of aryl methyl sites for hydroxylation is 2. The minimum absolute atomic E-state index is 0.00153. The maximum absolute atomic E-state index is 5.71. The molecule has 1 unspecified atom stereocenters. The first kappa shape index (κ1) is 17.8. The summed E-state index contributed by atoms with van der Waals surface area (Å²) < 4.78 is 13.2. The van der Waals surface area contributed by atoms with Crippen molar-refractivity contribution in [2.75, 3.05) is 31.2 Å². The number of ether oxygens (including phenoxy) is 1. The molecule has 0 bridgehead atoms. The Labute approximate surface area is 159 Å². The number of morpholine rings is 1. The predicted octanol–water partition coefficient (Wildman–Crippen LogP) is 3.04. The van der Waals surface area contributed by atoms with E-state index in [0.29, 0.717) is 6.54 Å². The molecule has 2 aromatic heterocycles. The first-order valence-electron chi connectivity index (χ1n) is 9.41. The zero-order chi connectivity index (χ0) is 18.6. The molecular formula is C21H26N4O2. The van der Waals surface area contributed by atoms with Gasteiger partial charge in [0.2, 0.25) is 0 Å². The van der Waals surface area contributed by atoms with E-state index < -0.39 is 0 Å². The summed E-state index contributed by atoms with van der Waals surface area (Å²) in [7, 11) is 2.02. The van der Waals surface area contributed by atoms with Gasteiger partial charge in [0.05, 0.1) is 31.2 Å². The standard InChI is InChI=1S/C21H26N4O2/c1-16-18(21(24(2)23-16)25-10-13-26-14-11-25)15-22-20(19-9-6-12-27-19)17-7-4-3-5-8-17/h3-9,12,20,22H,10-11,13-15H2,1-2H3. The van der Waals surface area contributed by atoms with E-state index in [1.54, 1.807) is 6.26 Å². The Bertz CT molecular complexity index is 852. The summed E-state index contributed by atoms with van der Waals surface area (Å²) in [5, 5.41) is 8.35. The normalized spacial score (nSPS) is 15.9. The Balaban J connectivity index is 1.60. The Morgan fingerprint density at radius 2 is 1.89 bits per heavy atom. The van der Waals surface area contributed by atoms with Crippen LogP contribution in [0.1, 0.15) is 28.6 Å². The number of nitrogens with zero attached hydrogens (tertiary/aromatic N) is 3. The average Bonchev–Trinajstić information content (AvgIpc) is 3.32. The number of aromatic nitrogens is 2. The van der Waals surface area contributed by atoms with E-state index in [0.717, 1.165) is 37.8 Å². The summed E-state index contributed by atoms with van der Waals surface area (Å²) in [5.41, 5.74) is 3.46. The van der Waals surface area contributed by atoms with Crippen LogP contribution in [0.5, 0.6) is 0 Å². The van der Waals surface area contributed by atoms with Gasteiger partial charge in [-0.3, -0.25) is 10.00 Å². The van der Waals surface area contributed by atoms with Crippen LogP contribution in [0.4, 0.5) is 5.82 Å². The molecule has 3 heterocycles. The molecule has 4 rings (SSSR count). The van der Waals surface area contributed by atoms with E-state index in [1.807, 2.05) is 29.9 Å². The summed E-state index contributed by atoms with van der Waals surface area (Å²) in [6.07, 6.45) is 1.72. The molecule has 6 nitrogen and oxygen atoms in total. The van der Waals surface area contributed by atoms with Crippen LogP contribution in [-0.2, 0) is 18.3 Å². The quantitative estimate of drug-likeness (QED) is 0.727. The van der Waals surface area contributed by atoms with Gasteiger partial charge in [0.25, 0.3) is 0 Å². The highest BCUT2D eigenvalue weighted by Gasteiger charge is 2.23. The molecule has 1 atom stereocenters. The molecule has 1 aliphatic rings. The predicted molar refractivity (Wildman–Crippen MR) is 105 cm³/mol. The van der Waals surface area contributed by atoms with Crippen molar-refractivity contribution in [2.24, 2.45) is 7.05 Å². The van der Waals surface area contributed by atoms with E-state index in [9.17, 15) is 0 Å². The Morgan fingerprint density at radius 3 is 2.59 bits per heavy atom. The molecule has 1 fully saturated rings. The number of hydrogen-bond donors (Lipinski definition) is 1. The number of nitrogens with one attached hydrogen (secondary N) is 1. The van der Waals surface area contributed by atoms with E-state index in [2.05, 4.69) is 46.5 Å². The van der Waals surface area contributed by atoms with Crippen molar-refractivity contribution in [1.29, 1.82) is 0 Å². The van der Waals surface area contributed by atoms with Crippen LogP contribution in [0.25, 0.3) is 0 Å². The van der Waals surface area contributed by atoms with Gasteiger partial charge in [0, 0.05) is 32.2 Å². The SMILES string of the molecule is Cc1nn(C)c(N2CCOCC2)c1CNC(c1ccccc1)c1ccco1. The molecule has 1 saturated heterocycles. The zero-order valence-electron chi connectivity index (χ0n) is 15.9. The van der Waals surface area contributed by atoms with Crippen molar-refractivity contribution >= 4 is 5.82 Å². The number of hydrogen-bond acceptors (Lipinski definition) is 5. The lowest BCUT2D eigenvalue weighted by molar-refractivity contribution is 0.122.